The third-order valence-corrected chi connectivity index (χ3v) is 4.24. The number of nitrogens with zero attached hydrogens (tertiary/aromatic N) is 2. The first-order chi connectivity index (χ1) is 9.88. The maximum Gasteiger partial charge on any atom is 0.325 e. The zero-order valence-electron chi connectivity index (χ0n) is 13.1. The highest BCUT2D eigenvalue weighted by molar-refractivity contribution is 6.06. The minimum atomic E-state index is -0.480. The molecule has 0 aromatic heterocycles. The molecule has 0 radical (unpaired) electrons. The number of imide groups is 1. The number of piperidine rings is 1. The predicted molar refractivity (Wildman–Crippen MR) is 78.5 cm³/mol. The molecule has 2 rings (SSSR count). The summed E-state index contributed by atoms with van der Waals surface area (Å²) in [6, 6.07) is -0.920. The van der Waals surface area contributed by atoms with Crippen LogP contribution in [-0.4, -0.2) is 53.3 Å². The van der Waals surface area contributed by atoms with Crippen LogP contribution in [0.3, 0.4) is 0 Å². The van der Waals surface area contributed by atoms with Crippen LogP contribution in [0, 0.1) is 11.8 Å². The normalized spacial score (nSPS) is 23.9. The van der Waals surface area contributed by atoms with Crippen molar-refractivity contribution in [2.24, 2.45) is 11.8 Å². The van der Waals surface area contributed by atoms with Crippen LogP contribution < -0.4 is 5.32 Å². The lowest BCUT2D eigenvalue weighted by Gasteiger charge is -2.31. The summed E-state index contributed by atoms with van der Waals surface area (Å²) in [6.07, 6.45) is 2.58. The van der Waals surface area contributed by atoms with E-state index in [-0.39, 0.29) is 18.4 Å². The standard InChI is InChI=1S/C15H25N3O3/c1-10(2)8-12-14(20)18(15(21)16-12)9-13(19)17-6-4-11(3)5-7-17/h10-12H,4-9H2,1-3H3,(H,16,21)/t12-/m1/s1. The van der Waals surface area contributed by atoms with Crippen LogP contribution in [0.5, 0.6) is 0 Å². The topological polar surface area (TPSA) is 69.7 Å². The Morgan fingerprint density at radius 2 is 1.90 bits per heavy atom. The van der Waals surface area contributed by atoms with Crippen molar-refractivity contribution in [1.29, 1.82) is 0 Å². The Morgan fingerprint density at radius 1 is 1.29 bits per heavy atom. The molecule has 0 spiro atoms. The van der Waals surface area contributed by atoms with Crippen LogP contribution in [0.2, 0.25) is 0 Å². The Kier molecular flexibility index (Phi) is 4.85. The fourth-order valence-corrected chi connectivity index (χ4v) is 2.85. The van der Waals surface area contributed by atoms with E-state index >= 15 is 0 Å². The number of urea groups is 1. The summed E-state index contributed by atoms with van der Waals surface area (Å²) < 4.78 is 0. The molecule has 6 heteroatoms. The van der Waals surface area contributed by atoms with Gasteiger partial charge in [-0.3, -0.25) is 14.5 Å². The average Bonchev–Trinajstić information content (AvgIpc) is 2.66. The van der Waals surface area contributed by atoms with Crippen molar-refractivity contribution >= 4 is 17.8 Å². The molecule has 2 saturated heterocycles. The number of amides is 4. The zero-order chi connectivity index (χ0) is 15.6. The number of likely N-dealkylation sites (tertiary alicyclic amines) is 1. The van der Waals surface area contributed by atoms with E-state index in [9.17, 15) is 14.4 Å². The molecule has 0 aromatic rings. The van der Waals surface area contributed by atoms with Crippen molar-refractivity contribution in [1.82, 2.24) is 15.1 Å². The van der Waals surface area contributed by atoms with Crippen LogP contribution in [0.4, 0.5) is 4.79 Å². The molecule has 118 valence electrons. The van der Waals surface area contributed by atoms with E-state index in [1.165, 1.54) is 0 Å². The molecule has 2 aliphatic rings. The Bertz CT molecular complexity index is 428. The Morgan fingerprint density at radius 3 is 2.48 bits per heavy atom. The van der Waals surface area contributed by atoms with Crippen LogP contribution in [0.25, 0.3) is 0 Å². The number of hydrogen-bond donors (Lipinski definition) is 1. The first kappa shape index (κ1) is 15.8. The molecule has 0 unspecified atom stereocenters. The molecule has 6 nitrogen and oxygen atoms in total. The monoisotopic (exact) mass is 295 g/mol. The van der Waals surface area contributed by atoms with Gasteiger partial charge in [0.15, 0.2) is 0 Å². The smallest absolute Gasteiger partial charge is 0.325 e. The largest absolute Gasteiger partial charge is 0.341 e. The van der Waals surface area contributed by atoms with E-state index in [2.05, 4.69) is 12.2 Å². The van der Waals surface area contributed by atoms with E-state index in [0.717, 1.165) is 30.8 Å². The average molecular weight is 295 g/mol. The molecule has 2 aliphatic heterocycles. The molecule has 0 aliphatic carbocycles. The lowest BCUT2D eigenvalue weighted by atomic mass is 9.99. The molecule has 0 bridgehead atoms. The second kappa shape index (κ2) is 6.45. The van der Waals surface area contributed by atoms with Gasteiger partial charge in [0.1, 0.15) is 12.6 Å². The van der Waals surface area contributed by atoms with Crippen molar-refractivity contribution in [3.63, 3.8) is 0 Å². The van der Waals surface area contributed by atoms with Crippen molar-refractivity contribution in [3.05, 3.63) is 0 Å². The number of carbonyl (C=O) groups excluding carboxylic acids is 3. The molecule has 4 amide bonds. The van der Waals surface area contributed by atoms with Crippen LogP contribution in [0.1, 0.15) is 40.0 Å². The Hall–Kier alpha value is -1.59. The molecule has 1 N–H and O–H groups in total. The maximum absolute atomic E-state index is 12.2. The van der Waals surface area contributed by atoms with Gasteiger partial charge in [0.25, 0.3) is 5.91 Å². The van der Waals surface area contributed by atoms with Crippen molar-refractivity contribution < 1.29 is 14.4 Å². The van der Waals surface area contributed by atoms with Gasteiger partial charge in [-0.1, -0.05) is 20.8 Å². The summed E-state index contributed by atoms with van der Waals surface area (Å²) in [5.41, 5.74) is 0. The van der Waals surface area contributed by atoms with Crippen molar-refractivity contribution in [3.8, 4) is 0 Å². The Balaban J connectivity index is 1.91. The number of rotatable bonds is 4. The van der Waals surface area contributed by atoms with E-state index in [4.69, 9.17) is 0 Å². The number of hydrogen-bond acceptors (Lipinski definition) is 3. The SMILES string of the molecule is CC(C)C[C@H]1NC(=O)N(CC(=O)N2CCC(C)CC2)C1=O. The lowest BCUT2D eigenvalue weighted by molar-refractivity contribution is -0.138. The molecular formula is C15H25N3O3. The maximum atomic E-state index is 12.2. The fourth-order valence-electron chi connectivity index (χ4n) is 2.85. The quantitative estimate of drug-likeness (QED) is 0.793. The second-order valence-electron chi connectivity index (χ2n) is 6.62. The first-order valence-corrected chi connectivity index (χ1v) is 7.78. The zero-order valence-corrected chi connectivity index (χ0v) is 13.1. The minimum absolute atomic E-state index is 0.129. The van der Waals surface area contributed by atoms with Crippen molar-refractivity contribution in [2.75, 3.05) is 19.6 Å². The highest BCUT2D eigenvalue weighted by Crippen LogP contribution is 2.18. The van der Waals surface area contributed by atoms with Gasteiger partial charge in [-0.25, -0.2) is 4.79 Å². The van der Waals surface area contributed by atoms with E-state index in [1.54, 1.807) is 4.90 Å². The number of nitrogens with one attached hydrogen (secondary N) is 1. The summed E-state index contributed by atoms with van der Waals surface area (Å²) in [5, 5.41) is 2.67. The van der Waals surface area contributed by atoms with Gasteiger partial charge in [-0.05, 0) is 31.1 Å². The minimum Gasteiger partial charge on any atom is -0.341 e. The molecule has 2 fully saturated rings. The Labute approximate surface area is 125 Å². The van der Waals surface area contributed by atoms with E-state index < -0.39 is 12.1 Å². The van der Waals surface area contributed by atoms with Crippen molar-refractivity contribution in [2.45, 2.75) is 46.1 Å². The summed E-state index contributed by atoms with van der Waals surface area (Å²) >= 11 is 0. The highest BCUT2D eigenvalue weighted by Gasteiger charge is 2.39. The molecule has 2 heterocycles. The van der Waals surface area contributed by atoms with E-state index in [1.807, 2.05) is 13.8 Å². The van der Waals surface area contributed by atoms with Gasteiger partial charge >= 0.3 is 6.03 Å². The van der Waals surface area contributed by atoms with Gasteiger partial charge in [0.05, 0.1) is 0 Å². The molecule has 0 saturated carbocycles. The van der Waals surface area contributed by atoms with Gasteiger partial charge < -0.3 is 10.2 Å². The summed E-state index contributed by atoms with van der Waals surface area (Å²) in [5.74, 6) is 0.558. The fraction of sp³-hybridized carbons (Fsp3) is 0.800. The molecule has 0 aromatic carbocycles. The van der Waals surface area contributed by atoms with Crippen LogP contribution in [-0.2, 0) is 9.59 Å². The van der Waals surface area contributed by atoms with Crippen LogP contribution in [0.15, 0.2) is 0 Å². The van der Waals surface area contributed by atoms with E-state index in [0.29, 0.717) is 18.3 Å². The third kappa shape index (κ3) is 3.74. The summed E-state index contributed by atoms with van der Waals surface area (Å²) in [4.78, 5) is 39.1. The highest BCUT2D eigenvalue weighted by atomic mass is 16.2. The van der Waals surface area contributed by atoms with Gasteiger partial charge in [-0.15, -0.1) is 0 Å². The van der Waals surface area contributed by atoms with Gasteiger partial charge in [0, 0.05) is 13.1 Å². The number of carbonyl (C=O) groups is 3. The predicted octanol–water partition coefficient (Wildman–Crippen LogP) is 1.21. The second-order valence-corrected chi connectivity index (χ2v) is 6.62. The van der Waals surface area contributed by atoms with Gasteiger partial charge in [-0.2, -0.15) is 0 Å². The van der Waals surface area contributed by atoms with Crippen LogP contribution >= 0.6 is 0 Å². The molecule has 1 atom stereocenters. The molecular weight excluding hydrogens is 270 g/mol. The lowest BCUT2D eigenvalue weighted by Crippen LogP contribution is -2.46. The summed E-state index contributed by atoms with van der Waals surface area (Å²) in [7, 11) is 0. The first-order valence-electron chi connectivity index (χ1n) is 7.78. The molecule has 21 heavy (non-hydrogen) atoms. The summed E-state index contributed by atoms with van der Waals surface area (Å²) in [6.45, 7) is 7.49. The van der Waals surface area contributed by atoms with Gasteiger partial charge in [0.2, 0.25) is 5.91 Å². The third-order valence-electron chi connectivity index (χ3n) is 4.24.